The van der Waals surface area contributed by atoms with E-state index in [0.717, 1.165) is 34.9 Å². The van der Waals surface area contributed by atoms with Crippen LogP contribution >= 0.6 is 11.8 Å². The van der Waals surface area contributed by atoms with E-state index < -0.39 is 0 Å². The normalized spacial score (nSPS) is 17.0. The number of thioether (sulfide) groups is 1. The number of carbonyl (C=O) groups excluding carboxylic acids is 1. The highest BCUT2D eigenvalue weighted by molar-refractivity contribution is 7.99. The van der Waals surface area contributed by atoms with Crippen molar-refractivity contribution in [1.82, 2.24) is 10.6 Å². The van der Waals surface area contributed by atoms with E-state index in [9.17, 15) is 4.79 Å². The lowest BCUT2D eigenvalue weighted by Gasteiger charge is -2.22. The summed E-state index contributed by atoms with van der Waals surface area (Å²) in [7, 11) is 0. The first-order valence-corrected chi connectivity index (χ1v) is 9.83. The Morgan fingerprint density at radius 2 is 1.96 bits per heavy atom. The van der Waals surface area contributed by atoms with E-state index in [1.165, 1.54) is 0 Å². The summed E-state index contributed by atoms with van der Waals surface area (Å²) in [5.41, 5.74) is 2.20. The highest BCUT2D eigenvalue weighted by Crippen LogP contribution is 2.29. The minimum absolute atomic E-state index is 0.0833. The van der Waals surface area contributed by atoms with E-state index in [2.05, 4.69) is 28.8 Å². The van der Waals surface area contributed by atoms with Gasteiger partial charge < -0.3 is 15.4 Å². The maximum absolute atomic E-state index is 12.0. The van der Waals surface area contributed by atoms with Crippen molar-refractivity contribution in [2.24, 2.45) is 0 Å². The Morgan fingerprint density at radius 3 is 2.76 bits per heavy atom. The first kappa shape index (κ1) is 17.8. The minimum Gasteiger partial charge on any atom is -0.491 e. The molecule has 1 unspecified atom stereocenters. The van der Waals surface area contributed by atoms with Crippen LogP contribution in [-0.4, -0.2) is 43.2 Å². The number of amides is 1. The van der Waals surface area contributed by atoms with E-state index in [0.29, 0.717) is 25.6 Å². The van der Waals surface area contributed by atoms with Crippen LogP contribution in [0.4, 0.5) is 0 Å². The van der Waals surface area contributed by atoms with Crippen LogP contribution in [0.5, 0.6) is 5.75 Å². The number of carbonyl (C=O) groups is 1. The van der Waals surface area contributed by atoms with Gasteiger partial charge >= 0.3 is 0 Å². The van der Waals surface area contributed by atoms with Crippen molar-refractivity contribution in [3.8, 4) is 16.9 Å². The first-order valence-electron chi connectivity index (χ1n) is 8.68. The summed E-state index contributed by atoms with van der Waals surface area (Å²) < 4.78 is 5.90. The lowest BCUT2D eigenvalue weighted by molar-refractivity contribution is -0.121. The van der Waals surface area contributed by atoms with E-state index >= 15 is 0 Å². The molecule has 1 saturated heterocycles. The smallest absolute Gasteiger partial charge is 0.221 e. The Bertz CT molecular complexity index is 672. The molecule has 25 heavy (non-hydrogen) atoms. The van der Waals surface area contributed by atoms with Crippen LogP contribution in [0.2, 0.25) is 0 Å². The molecule has 0 aromatic heterocycles. The van der Waals surface area contributed by atoms with Crippen LogP contribution in [0.25, 0.3) is 11.1 Å². The molecule has 4 nitrogen and oxygen atoms in total. The third kappa shape index (κ3) is 5.51. The molecule has 0 saturated carbocycles. The number of hydrogen-bond acceptors (Lipinski definition) is 4. The second kappa shape index (κ2) is 9.49. The monoisotopic (exact) mass is 356 g/mol. The fraction of sp³-hybridized carbons (Fsp3) is 0.350. The molecule has 1 amide bonds. The van der Waals surface area contributed by atoms with Crippen LogP contribution in [0.3, 0.4) is 0 Å². The van der Waals surface area contributed by atoms with Gasteiger partial charge in [0.25, 0.3) is 0 Å². The van der Waals surface area contributed by atoms with Crippen LogP contribution in [0.1, 0.15) is 6.42 Å². The van der Waals surface area contributed by atoms with E-state index in [1.54, 1.807) is 0 Å². The van der Waals surface area contributed by atoms with Crippen LogP contribution in [0, 0.1) is 0 Å². The van der Waals surface area contributed by atoms with Crippen molar-refractivity contribution < 1.29 is 9.53 Å². The molecule has 1 aliphatic heterocycles. The molecule has 1 aliphatic rings. The largest absolute Gasteiger partial charge is 0.491 e. The molecular weight excluding hydrogens is 332 g/mol. The molecule has 5 heteroatoms. The fourth-order valence-corrected chi connectivity index (χ4v) is 3.80. The third-order valence-corrected chi connectivity index (χ3v) is 5.21. The van der Waals surface area contributed by atoms with Gasteiger partial charge in [-0.05, 0) is 11.6 Å². The average molecular weight is 356 g/mol. The van der Waals surface area contributed by atoms with Crippen LogP contribution in [0.15, 0.2) is 54.6 Å². The molecule has 2 aromatic rings. The Balaban J connectivity index is 1.45. The number of ether oxygens (including phenoxy) is 1. The summed E-state index contributed by atoms with van der Waals surface area (Å²) in [6.07, 6.45) is 0.535. The van der Waals surface area contributed by atoms with Gasteiger partial charge in [0.05, 0.1) is 6.54 Å². The molecule has 132 valence electrons. The molecule has 0 radical (unpaired) electrons. The SMILES string of the molecule is O=C(CC1CSCCN1)NCCOc1ccccc1-c1ccccc1. The second-order valence-electron chi connectivity index (χ2n) is 5.99. The van der Waals surface area contributed by atoms with Gasteiger partial charge in [-0.3, -0.25) is 4.79 Å². The second-order valence-corrected chi connectivity index (χ2v) is 7.14. The third-order valence-electron chi connectivity index (χ3n) is 4.08. The van der Waals surface area contributed by atoms with Crippen molar-refractivity contribution in [2.45, 2.75) is 12.5 Å². The van der Waals surface area contributed by atoms with Crippen LogP contribution in [-0.2, 0) is 4.79 Å². The molecule has 1 heterocycles. The van der Waals surface area contributed by atoms with Gasteiger partial charge in [-0.15, -0.1) is 0 Å². The molecule has 0 spiro atoms. The summed E-state index contributed by atoms with van der Waals surface area (Å²) >= 11 is 1.90. The van der Waals surface area contributed by atoms with Crippen molar-refractivity contribution in [3.63, 3.8) is 0 Å². The molecular formula is C20H24N2O2S. The molecule has 0 aliphatic carbocycles. The number of benzene rings is 2. The molecule has 3 rings (SSSR count). The zero-order valence-corrected chi connectivity index (χ0v) is 15.1. The Hall–Kier alpha value is -1.98. The fourth-order valence-electron chi connectivity index (χ4n) is 2.85. The Labute approximate surface area is 153 Å². The number of rotatable bonds is 7. The van der Waals surface area contributed by atoms with Gasteiger partial charge in [0.1, 0.15) is 12.4 Å². The summed E-state index contributed by atoms with van der Waals surface area (Å²) in [6.45, 7) is 1.96. The van der Waals surface area contributed by atoms with Crippen molar-refractivity contribution >= 4 is 17.7 Å². The summed E-state index contributed by atoms with van der Waals surface area (Å²) in [5.74, 6) is 3.06. The summed E-state index contributed by atoms with van der Waals surface area (Å²) in [6, 6.07) is 18.5. The molecule has 1 fully saturated rings. The maximum Gasteiger partial charge on any atom is 0.221 e. The zero-order chi connectivity index (χ0) is 17.3. The van der Waals surface area contributed by atoms with Gasteiger partial charge in [0, 0.05) is 36.1 Å². The summed E-state index contributed by atoms with van der Waals surface area (Å²) in [5, 5.41) is 6.33. The van der Waals surface area contributed by atoms with Gasteiger partial charge in [0.15, 0.2) is 0 Å². The summed E-state index contributed by atoms with van der Waals surface area (Å²) in [4.78, 5) is 12.0. The molecule has 2 aromatic carbocycles. The van der Waals surface area contributed by atoms with Gasteiger partial charge in [0.2, 0.25) is 5.91 Å². The average Bonchev–Trinajstić information content (AvgIpc) is 2.67. The molecule has 0 bridgehead atoms. The minimum atomic E-state index is 0.0833. The van der Waals surface area contributed by atoms with E-state index in [-0.39, 0.29) is 5.91 Å². The lowest BCUT2D eigenvalue weighted by atomic mass is 10.1. The number of nitrogens with one attached hydrogen (secondary N) is 2. The van der Waals surface area contributed by atoms with Gasteiger partial charge in [-0.25, -0.2) is 0 Å². The van der Waals surface area contributed by atoms with Crippen molar-refractivity contribution in [1.29, 1.82) is 0 Å². The van der Waals surface area contributed by atoms with Crippen molar-refractivity contribution in [3.05, 3.63) is 54.6 Å². The number of para-hydroxylation sites is 1. The predicted octanol–water partition coefficient (Wildman–Crippen LogP) is 2.94. The maximum atomic E-state index is 12.0. The highest BCUT2D eigenvalue weighted by atomic mass is 32.2. The molecule has 1 atom stereocenters. The highest BCUT2D eigenvalue weighted by Gasteiger charge is 2.16. The van der Waals surface area contributed by atoms with E-state index in [1.807, 2.05) is 48.2 Å². The lowest BCUT2D eigenvalue weighted by Crippen LogP contribution is -2.41. The zero-order valence-electron chi connectivity index (χ0n) is 14.2. The standard InChI is InChI=1S/C20H24N2O2S/c23-20(14-17-15-25-13-11-21-17)22-10-12-24-19-9-5-4-8-18(19)16-6-2-1-3-7-16/h1-9,17,21H,10-15H2,(H,22,23). The Kier molecular flexibility index (Phi) is 6.77. The predicted molar refractivity (Wildman–Crippen MR) is 104 cm³/mol. The van der Waals surface area contributed by atoms with Gasteiger partial charge in [-0.2, -0.15) is 11.8 Å². The number of hydrogen-bond donors (Lipinski definition) is 2. The van der Waals surface area contributed by atoms with Crippen molar-refractivity contribution in [2.75, 3.05) is 31.2 Å². The first-order chi connectivity index (χ1) is 12.3. The van der Waals surface area contributed by atoms with Gasteiger partial charge in [-0.1, -0.05) is 48.5 Å². The Morgan fingerprint density at radius 1 is 1.16 bits per heavy atom. The van der Waals surface area contributed by atoms with E-state index in [4.69, 9.17) is 4.74 Å². The molecule has 2 N–H and O–H groups in total. The quantitative estimate of drug-likeness (QED) is 0.749. The van der Waals surface area contributed by atoms with Crippen LogP contribution < -0.4 is 15.4 Å². The topological polar surface area (TPSA) is 50.4 Å².